The topological polar surface area (TPSA) is 92.9 Å². The summed E-state index contributed by atoms with van der Waals surface area (Å²) < 4.78 is 5.78. The molecular weight excluding hydrogens is 418 g/mol. The fourth-order valence-electron chi connectivity index (χ4n) is 3.81. The normalized spacial score (nSPS) is 13.5. The standard InChI is InChI=1S/C26H25N3O4/c27-24(30)22-11-4-5-12-23(22)33-18-19-7-6-10-21(17-19)26(32)29-15-13-28(14-16-29)25(31)20-8-2-1-3-9-20/h1-12,17H,13-16,18H2,(H2,27,30). The van der Waals surface area contributed by atoms with E-state index in [1.807, 2.05) is 24.3 Å². The van der Waals surface area contributed by atoms with E-state index in [2.05, 4.69) is 0 Å². The number of primary amides is 1. The van der Waals surface area contributed by atoms with Crippen LogP contribution in [0.4, 0.5) is 0 Å². The van der Waals surface area contributed by atoms with Crippen LogP contribution in [-0.4, -0.2) is 53.7 Å². The number of piperazine rings is 1. The number of nitrogens with zero attached hydrogens (tertiary/aromatic N) is 2. The molecule has 0 spiro atoms. The molecular formula is C26H25N3O4. The van der Waals surface area contributed by atoms with Crippen LogP contribution in [0.1, 0.15) is 36.6 Å². The zero-order valence-electron chi connectivity index (χ0n) is 18.1. The van der Waals surface area contributed by atoms with Gasteiger partial charge in [-0.3, -0.25) is 14.4 Å². The fraction of sp³-hybridized carbons (Fsp3) is 0.192. The molecule has 33 heavy (non-hydrogen) atoms. The molecule has 3 amide bonds. The molecule has 7 nitrogen and oxygen atoms in total. The monoisotopic (exact) mass is 443 g/mol. The summed E-state index contributed by atoms with van der Waals surface area (Å²) in [6.45, 7) is 2.14. The van der Waals surface area contributed by atoms with Gasteiger partial charge in [0.25, 0.3) is 17.7 Å². The number of hydrogen-bond acceptors (Lipinski definition) is 4. The van der Waals surface area contributed by atoms with Crippen molar-refractivity contribution in [1.82, 2.24) is 9.80 Å². The highest BCUT2D eigenvalue weighted by atomic mass is 16.5. The van der Waals surface area contributed by atoms with Gasteiger partial charge in [-0.25, -0.2) is 0 Å². The molecule has 1 saturated heterocycles. The number of carbonyl (C=O) groups excluding carboxylic acids is 3. The third-order valence-electron chi connectivity index (χ3n) is 5.60. The van der Waals surface area contributed by atoms with Gasteiger partial charge in [0.05, 0.1) is 5.56 Å². The zero-order chi connectivity index (χ0) is 23.2. The summed E-state index contributed by atoms with van der Waals surface area (Å²) in [5.41, 5.74) is 7.73. The first kappa shape index (κ1) is 22.1. The first-order valence-electron chi connectivity index (χ1n) is 10.8. The van der Waals surface area contributed by atoms with Crippen LogP contribution in [0.15, 0.2) is 78.9 Å². The molecule has 0 radical (unpaired) electrons. The molecule has 0 unspecified atom stereocenters. The first-order chi connectivity index (χ1) is 16.0. The van der Waals surface area contributed by atoms with Crippen LogP contribution in [0.5, 0.6) is 5.75 Å². The maximum Gasteiger partial charge on any atom is 0.253 e. The van der Waals surface area contributed by atoms with E-state index in [0.717, 1.165) is 5.56 Å². The molecule has 0 saturated carbocycles. The first-order valence-corrected chi connectivity index (χ1v) is 10.8. The molecule has 2 N–H and O–H groups in total. The minimum Gasteiger partial charge on any atom is -0.488 e. The van der Waals surface area contributed by atoms with E-state index in [1.54, 1.807) is 64.4 Å². The van der Waals surface area contributed by atoms with E-state index in [4.69, 9.17) is 10.5 Å². The Labute approximate surface area is 192 Å². The van der Waals surface area contributed by atoms with Crippen molar-refractivity contribution in [2.75, 3.05) is 26.2 Å². The van der Waals surface area contributed by atoms with Gasteiger partial charge in [0.15, 0.2) is 0 Å². The summed E-state index contributed by atoms with van der Waals surface area (Å²) in [6.07, 6.45) is 0. The summed E-state index contributed by atoms with van der Waals surface area (Å²) in [5.74, 6) is -0.250. The van der Waals surface area contributed by atoms with Crippen molar-refractivity contribution in [3.05, 3.63) is 101 Å². The van der Waals surface area contributed by atoms with Gasteiger partial charge in [-0.15, -0.1) is 0 Å². The van der Waals surface area contributed by atoms with Crippen LogP contribution in [0.25, 0.3) is 0 Å². The molecule has 1 fully saturated rings. The third-order valence-corrected chi connectivity index (χ3v) is 5.60. The highest BCUT2D eigenvalue weighted by Crippen LogP contribution is 2.20. The fourth-order valence-corrected chi connectivity index (χ4v) is 3.81. The van der Waals surface area contributed by atoms with Crippen molar-refractivity contribution in [1.29, 1.82) is 0 Å². The van der Waals surface area contributed by atoms with E-state index in [-0.39, 0.29) is 18.4 Å². The second-order valence-corrected chi connectivity index (χ2v) is 7.80. The summed E-state index contributed by atoms with van der Waals surface area (Å²) >= 11 is 0. The summed E-state index contributed by atoms with van der Waals surface area (Å²) in [5, 5.41) is 0. The van der Waals surface area contributed by atoms with Crippen LogP contribution in [0.3, 0.4) is 0 Å². The number of nitrogens with two attached hydrogens (primary N) is 1. The highest BCUT2D eigenvalue weighted by Gasteiger charge is 2.25. The Morgan fingerprint density at radius 1 is 0.727 bits per heavy atom. The van der Waals surface area contributed by atoms with Crippen molar-refractivity contribution in [2.24, 2.45) is 5.73 Å². The molecule has 0 aliphatic carbocycles. The van der Waals surface area contributed by atoms with Crippen LogP contribution in [-0.2, 0) is 6.61 Å². The lowest BCUT2D eigenvalue weighted by molar-refractivity contribution is 0.0535. The number of rotatable bonds is 6. The SMILES string of the molecule is NC(=O)c1ccccc1OCc1cccc(C(=O)N2CCN(C(=O)c3ccccc3)CC2)c1. The molecule has 168 valence electrons. The van der Waals surface area contributed by atoms with Crippen LogP contribution >= 0.6 is 0 Å². The number of ether oxygens (including phenoxy) is 1. The van der Waals surface area contributed by atoms with Crippen LogP contribution < -0.4 is 10.5 Å². The van der Waals surface area contributed by atoms with E-state index in [1.165, 1.54) is 0 Å². The smallest absolute Gasteiger partial charge is 0.253 e. The Kier molecular flexibility index (Phi) is 6.69. The van der Waals surface area contributed by atoms with Crippen molar-refractivity contribution in [3.8, 4) is 5.75 Å². The minimum atomic E-state index is -0.556. The van der Waals surface area contributed by atoms with E-state index in [9.17, 15) is 14.4 Å². The molecule has 3 aromatic rings. The number of para-hydroxylation sites is 1. The Balaban J connectivity index is 1.36. The number of hydrogen-bond donors (Lipinski definition) is 1. The van der Waals surface area contributed by atoms with Gasteiger partial charge in [-0.1, -0.05) is 42.5 Å². The van der Waals surface area contributed by atoms with E-state index in [0.29, 0.717) is 48.6 Å². The maximum atomic E-state index is 13.0. The molecule has 4 rings (SSSR count). The van der Waals surface area contributed by atoms with Gasteiger partial charge in [0.1, 0.15) is 12.4 Å². The Morgan fingerprint density at radius 3 is 1.97 bits per heavy atom. The Morgan fingerprint density at radius 2 is 1.30 bits per heavy atom. The van der Waals surface area contributed by atoms with Crippen molar-refractivity contribution < 1.29 is 19.1 Å². The quantitative estimate of drug-likeness (QED) is 0.634. The summed E-state index contributed by atoms with van der Waals surface area (Å²) in [4.78, 5) is 40.8. The zero-order valence-corrected chi connectivity index (χ0v) is 18.1. The van der Waals surface area contributed by atoms with Gasteiger partial charge in [0, 0.05) is 37.3 Å². The molecule has 0 bridgehead atoms. The average molecular weight is 444 g/mol. The Bertz CT molecular complexity index is 1150. The predicted molar refractivity (Wildman–Crippen MR) is 124 cm³/mol. The van der Waals surface area contributed by atoms with Crippen molar-refractivity contribution in [3.63, 3.8) is 0 Å². The lowest BCUT2D eigenvalue weighted by atomic mass is 10.1. The molecule has 0 atom stereocenters. The van der Waals surface area contributed by atoms with Crippen molar-refractivity contribution in [2.45, 2.75) is 6.61 Å². The largest absolute Gasteiger partial charge is 0.488 e. The molecule has 0 aromatic heterocycles. The van der Waals surface area contributed by atoms with E-state index < -0.39 is 5.91 Å². The molecule has 7 heteroatoms. The lowest BCUT2D eigenvalue weighted by Gasteiger charge is -2.35. The summed E-state index contributed by atoms with van der Waals surface area (Å²) in [6, 6.07) is 23.2. The minimum absolute atomic E-state index is 0.0157. The highest BCUT2D eigenvalue weighted by molar-refractivity contribution is 5.96. The third kappa shape index (κ3) is 5.20. The van der Waals surface area contributed by atoms with Gasteiger partial charge < -0.3 is 20.3 Å². The predicted octanol–water partition coefficient (Wildman–Crippen LogP) is 2.96. The second kappa shape index (κ2) is 9.99. The lowest BCUT2D eigenvalue weighted by Crippen LogP contribution is -2.50. The van der Waals surface area contributed by atoms with Gasteiger partial charge in [0.2, 0.25) is 0 Å². The number of benzene rings is 3. The molecule has 1 aliphatic heterocycles. The average Bonchev–Trinajstić information content (AvgIpc) is 2.87. The van der Waals surface area contributed by atoms with Crippen LogP contribution in [0, 0.1) is 0 Å². The summed E-state index contributed by atoms with van der Waals surface area (Å²) in [7, 11) is 0. The van der Waals surface area contributed by atoms with Crippen LogP contribution in [0.2, 0.25) is 0 Å². The molecule has 1 aliphatic rings. The second-order valence-electron chi connectivity index (χ2n) is 7.80. The number of carbonyl (C=O) groups is 3. The molecule has 3 aromatic carbocycles. The van der Waals surface area contributed by atoms with Gasteiger partial charge in [-0.05, 0) is 42.0 Å². The Hall–Kier alpha value is -4.13. The number of amides is 3. The van der Waals surface area contributed by atoms with E-state index >= 15 is 0 Å². The molecule has 1 heterocycles. The van der Waals surface area contributed by atoms with Gasteiger partial charge >= 0.3 is 0 Å². The maximum absolute atomic E-state index is 13.0. The van der Waals surface area contributed by atoms with Crippen molar-refractivity contribution >= 4 is 17.7 Å². The van der Waals surface area contributed by atoms with Gasteiger partial charge in [-0.2, -0.15) is 0 Å².